The van der Waals surface area contributed by atoms with Crippen LogP contribution >= 0.6 is 0 Å². The predicted molar refractivity (Wildman–Crippen MR) is 125 cm³/mol. The normalized spacial score (nSPS) is 10.8. The number of amides is 2. The minimum Gasteiger partial charge on any atom is -0.457 e. The van der Waals surface area contributed by atoms with E-state index in [0.29, 0.717) is 34.5 Å². The number of urea groups is 1. The highest BCUT2D eigenvalue weighted by molar-refractivity contribution is 5.99. The van der Waals surface area contributed by atoms with Crippen LogP contribution in [0.2, 0.25) is 0 Å². The fourth-order valence-electron chi connectivity index (χ4n) is 3.06. The minimum absolute atomic E-state index is 0.151. The average molecular weight is 446 g/mol. The van der Waals surface area contributed by atoms with Crippen LogP contribution in [0.3, 0.4) is 0 Å². The van der Waals surface area contributed by atoms with Gasteiger partial charge < -0.3 is 15.8 Å². The second-order valence-corrected chi connectivity index (χ2v) is 7.62. The van der Waals surface area contributed by atoms with Crippen LogP contribution in [0.15, 0.2) is 72.9 Å². The van der Waals surface area contributed by atoms with Crippen LogP contribution in [0.5, 0.6) is 11.5 Å². The van der Waals surface area contributed by atoms with Gasteiger partial charge in [-0.05, 0) is 60.5 Å². The summed E-state index contributed by atoms with van der Waals surface area (Å²) in [5, 5.41) is 10.1. The molecule has 9 heteroatoms. The molecule has 4 N–H and O–H groups in total. The molecule has 0 bridgehead atoms. The number of halogens is 1. The van der Waals surface area contributed by atoms with Gasteiger partial charge in [-0.3, -0.25) is 5.32 Å². The monoisotopic (exact) mass is 446 g/mol. The number of nitrogens with one attached hydrogen (secondary N) is 2. The van der Waals surface area contributed by atoms with Gasteiger partial charge in [0.25, 0.3) is 0 Å². The lowest BCUT2D eigenvalue weighted by Crippen LogP contribution is -2.21. The third-order valence-electron chi connectivity index (χ3n) is 4.73. The van der Waals surface area contributed by atoms with Crippen LogP contribution in [0.4, 0.5) is 26.5 Å². The van der Waals surface area contributed by atoms with Crippen molar-refractivity contribution in [3.05, 3.63) is 84.4 Å². The Bertz CT molecular complexity index is 1250. The summed E-state index contributed by atoms with van der Waals surface area (Å²) in [6, 6.07) is 17.5. The first kappa shape index (κ1) is 21.8. The van der Waals surface area contributed by atoms with Crippen molar-refractivity contribution < 1.29 is 13.9 Å². The molecule has 0 fully saturated rings. The van der Waals surface area contributed by atoms with Gasteiger partial charge in [0.1, 0.15) is 29.0 Å². The van der Waals surface area contributed by atoms with Gasteiger partial charge in [-0.15, -0.1) is 0 Å². The van der Waals surface area contributed by atoms with E-state index in [1.807, 2.05) is 13.8 Å². The second kappa shape index (κ2) is 9.39. The highest BCUT2D eigenvalue weighted by atomic mass is 19.1. The van der Waals surface area contributed by atoms with Gasteiger partial charge in [0, 0.05) is 24.0 Å². The molecule has 2 aromatic carbocycles. The van der Waals surface area contributed by atoms with Crippen molar-refractivity contribution in [1.82, 2.24) is 14.8 Å². The van der Waals surface area contributed by atoms with E-state index in [1.54, 1.807) is 65.5 Å². The summed E-state index contributed by atoms with van der Waals surface area (Å²) in [6.07, 6.45) is 1.56. The first-order valence-corrected chi connectivity index (χ1v) is 10.3. The minimum atomic E-state index is -0.441. The maximum atomic E-state index is 13.3. The van der Waals surface area contributed by atoms with Gasteiger partial charge in [-0.1, -0.05) is 13.8 Å². The number of hydrogen-bond donors (Lipinski definition) is 3. The van der Waals surface area contributed by atoms with Crippen LogP contribution in [-0.4, -0.2) is 20.8 Å². The number of nitrogen functional groups attached to an aromatic ring is 1. The number of aromatic nitrogens is 3. The quantitative estimate of drug-likeness (QED) is 0.360. The second-order valence-electron chi connectivity index (χ2n) is 7.62. The van der Waals surface area contributed by atoms with Gasteiger partial charge in [-0.2, -0.15) is 5.10 Å². The Morgan fingerprint density at radius 3 is 2.39 bits per heavy atom. The number of benzene rings is 2. The summed E-state index contributed by atoms with van der Waals surface area (Å²) >= 11 is 0. The predicted octanol–water partition coefficient (Wildman–Crippen LogP) is 5.55. The molecule has 0 aliphatic carbocycles. The van der Waals surface area contributed by atoms with Gasteiger partial charge in [0.05, 0.1) is 11.4 Å². The van der Waals surface area contributed by atoms with Gasteiger partial charge >= 0.3 is 6.03 Å². The Kier molecular flexibility index (Phi) is 6.21. The van der Waals surface area contributed by atoms with Crippen molar-refractivity contribution in [2.75, 3.05) is 16.4 Å². The molecule has 0 radical (unpaired) electrons. The fourth-order valence-corrected chi connectivity index (χ4v) is 3.06. The molecule has 4 rings (SSSR count). The van der Waals surface area contributed by atoms with Crippen LogP contribution in [-0.2, 0) is 0 Å². The average Bonchev–Trinajstić information content (AvgIpc) is 3.20. The first-order valence-electron chi connectivity index (χ1n) is 10.3. The Morgan fingerprint density at radius 1 is 1.00 bits per heavy atom. The zero-order valence-corrected chi connectivity index (χ0v) is 18.1. The number of nitrogens with two attached hydrogens (primary N) is 1. The van der Waals surface area contributed by atoms with E-state index in [-0.39, 0.29) is 11.7 Å². The van der Waals surface area contributed by atoms with Gasteiger partial charge in [-0.25, -0.2) is 18.9 Å². The number of carbonyl (C=O) groups excluding carboxylic acids is 1. The molecule has 2 aromatic heterocycles. The third-order valence-corrected chi connectivity index (χ3v) is 4.73. The fraction of sp³-hybridized carbons (Fsp3) is 0.125. The van der Waals surface area contributed by atoms with E-state index < -0.39 is 6.03 Å². The molecule has 0 unspecified atom stereocenters. The molecule has 33 heavy (non-hydrogen) atoms. The molecule has 4 aromatic rings. The number of pyridine rings is 1. The molecule has 168 valence electrons. The van der Waals surface area contributed by atoms with Gasteiger partial charge in [0.15, 0.2) is 0 Å². The van der Waals surface area contributed by atoms with E-state index >= 15 is 0 Å². The van der Waals surface area contributed by atoms with E-state index in [9.17, 15) is 9.18 Å². The molecular weight excluding hydrogens is 423 g/mol. The van der Waals surface area contributed by atoms with Crippen LogP contribution in [0, 0.1) is 5.82 Å². The molecule has 0 saturated carbocycles. The molecule has 8 nitrogen and oxygen atoms in total. The zero-order valence-electron chi connectivity index (χ0n) is 18.1. The standard InChI is InChI=1S/C24H23FN6O2/c1-15(2)21-14-23(31(30-21)18-7-3-16(25)4-8-18)29-24(32)28-17-5-9-19(10-6-17)33-20-11-12-27-22(26)13-20/h3-15H,1-2H3,(H2,26,27)(H2,28,29,32). The maximum Gasteiger partial charge on any atom is 0.324 e. The molecule has 0 saturated heterocycles. The van der Waals surface area contributed by atoms with Crippen LogP contribution in [0.1, 0.15) is 25.5 Å². The summed E-state index contributed by atoms with van der Waals surface area (Å²) < 4.78 is 20.6. The number of hydrogen-bond acceptors (Lipinski definition) is 5. The van der Waals surface area contributed by atoms with Crippen molar-refractivity contribution >= 4 is 23.4 Å². The largest absolute Gasteiger partial charge is 0.457 e. The molecule has 2 amide bonds. The lowest BCUT2D eigenvalue weighted by atomic mass is 10.1. The Morgan fingerprint density at radius 2 is 1.73 bits per heavy atom. The smallest absolute Gasteiger partial charge is 0.324 e. The number of ether oxygens (including phenoxy) is 1. The van der Waals surface area contributed by atoms with Crippen molar-refractivity contribution in [3.8, 4) is 17.2 Å². The zero-order chi connectivity index (χ0) is 23.4. The number of nitrogens with zero attached hydrogens (tertiary/aromatic N) is 3. The summed E-state index contributed by atoms with van der Waals surface area (Å²) in [7, 11) is 0. The highest BCUT2D eigenvalue weighted by Gasteiger charge is 2.15. The van der Waals surface area contributed by atoms with E-state index in [4.69, 9.17) is 10.5 Å². The van der Waals surface area contributed by atoms with E-state index in [2.05, 4.69) is 20.7 Å². The van der Waals surface area contributed by atoms with Crippen molar-refractivity contribution in [1.29, 1.82) is 0 Å². The summed E-state index contributed by atoms with van der Waals surface area (Å²) in [4.78, 5) is 16.6. The van der Waals surface area contributed by atoms with Crippen LogP contribution in [0.25, 0.3) is 5.69 Å². The molecule has 0 aliphatic rings. The lowest BCUT2D eigenvalue weighted by Gasteiger charge is -2.11. The van der Waals surface area contributed by atoms with Crippen LogP contribution < -0.4 is 21.1 Å². The molecule has 2 heterocycles. The maximum absolute atomic E-state index is 13.3. The summed E-state index contributed by atoms with van der Waals surface area (Å²) in [5.74, 6) is 1.79. The SMILES string of the molecule is CC(C)c1cc(NC(=O)Nc2ccc(Oc3ccnc(N)c3)cc2)n(-c2ccc(F)cc2)n1. The van der Waals surface area contributed by atoms with Gasteiger partial charge in [0.2, 0.25) is 0 Å². The highest BCUT2D eigenvalue weighted by Crippen LogP contribution is 2.25. The molecular formula is C24H23FN6O2. The number of anilines is 3. The third kappa shape index (κ3) is 5.45. The summed E-state index contributed by atoms with van der Waals surface area (Å²) in [5.41, 5.74) is 7.67. The molecule has 0 aliphatic heterocycles. The van der Waals surface area contributed by atoms with Crippen molar-refractivity contribution in [3.63, 3.8) is 0 Å². The van der Waals surface area contributed by atoms with Crippen molar-refractivity contribution in [2.45, 2.75) is 19.8 Å². The van der Waals surface area contributed by atoms with E-state index in [0.717, 1.165) is 5.69 Å². The Balaban J connectivity index is 1.45. The topological polar surface area (TPSA) is 107 Å². The lowest BCUT2D eigenvalue weighted by molar-refractivity contribution is 0.262. The Hall–Kier alpha value is -4.40. The molecule has 0 spiro atoms. The summed E-state index contributed by atoms with van der Waals surface area (Å²) in [6.45, 7) is 4.01. The first-order chi connectivity index (χ1) is 15.9. The van der Waals surface area contributed by atoms with E-state index in [1.165, 1.54) is 12.1 Å². The number of carbonyl (C=O) groups is 1. The Labute approximate surface area is 190 Å². The van der Waals surface area contributed by atoms with Crippen molar-refractivity contribution in [2.24, 2.45) is 0 Å². The number of rotatable bonds is 6. The molecule has 0 atom stereocenters.